The van der Waals surface area contributed by atoms with Crippen LogP contribution >= 0.6 is 11.3 Å². The number of nitrogens with zero attached hydrogens (tertiary/aromatic N) is 2. The maximum Gasteiger partial charge on any atom is 0.160 e. The summed E-state index contributed by atoms with van der Waals surface area (Å²) in [5, 5.41) is 10.3. The van der Waals surface area contributed by atoms with Gasteiger partial charge in [0.15, 0.2) is 5.82 Å². The zero-order valence-electron chi connectivity index (χ0n) is 29.8. The first kappa shape index (κ1) is 31.6. The van der Waals surface area contributed by atoms with Gasteiger partial charge in [0.05, 0.1) is 11.4 Å². The summed E-state index contributed by atoms with van der Waals surface area (Å²) in [6.45, 7) is 0. The molecule has 9 aromatic carbocycles. The Hall–Kier alpha value is -6.94. The Balaban J connectivity index is 1.02. The van der Waals surface area contributed by atoms with Gasteiger partial charge in [-0.2, -0.15) is 0 Å². The molecule has 11 rings (SSSR count). The molecule has 0 radical (unpaired) electrons. The molecule has 0 N–H and O–H groups in total. The number of aromatic nitrogens is 2. The minimum absolute atomic E-state index is 0.715. The summed E-state index contributed by atoms with van der Waals surface area (Å²) in [5.74, 6) is 0.715. The lowest BCUT2D eigenvalue weighted by atomic mass is 9.91. The van der Waals surface area contributed by atoms with E-state index in [9.17, 15) is 0 Å². The van der Waals surface area contributed by atoms with E-state index in [4.69, 9.17) is 9.97 Å². The fraction of sp³-hybridized carbons (Fsp3) is 0. The minimum Gasteiger partial charge on any atom is -0.228 e. The van der Waals surface area contributed by atoms with Crippen LogP contribution < -0.4 is 0 Å². The van der Waals surface area contributed by atoms with Gasteiger partial charge in [0.25, 0.3) is 0 Å². The zero-order valence-corrected chi connectivity index (χ0v) is 30.6. The largest absolute Gasteiger partial charge is 0.228 e. The third kappa shape index (κ3) is 5.40. The number of benzene rings is 9. The second-order valence-corrected chi connectivity index (χ2v) is 15.2. The third-order valence-electron chi connectivity index (χ3n) is 10.9. The molecule has 0 saturated carbocycles. The quantitative estimate of drug-likeness (QED) is 0.166. The van der Waals surface area contributed by atoms with Gasteiger partial charge in [-0.05, 0) is 84.9 Å². The van der Waals surface area contributed by atoms with Crippen LogP contribution in [0.3, 0.4) is 0 Å². The maximum atomic E-state index is 5.06. The summed E-state index contributed by atoms with van der Waals surface area (Å²) in [6, 6.07) is 69.7. The highest BCUT2D eigenvalue weighted by molar-refractivity contribution is 7.26. The molecular formula is C52H32N2S. The van der Waals surface area contributed by atoms with Gasteiger partial charge in [0, 0.05) is 36.9 Å². The number of rotatable bonds is 5. The molecule has 256 valence electrons. The normalized spacial score (nSPS) is 11.6. The van der Waals surface area contributed by atoms with Crippen LogP contribution in [0.4, 0.5) is 0 Å². The van der Waals surface area contributed by atoms with Crippen molar-refractivity contribution in [1.29, 1.82) is 0 Å². The van der Waals surface area contributed by atoms with Gasteiger partial charge >= 0.3 is 0 Å². The number of hydrogen-bond donors (Lipinski definition) is 0. The van der Waals surface area contributed by atoms with Crippen LogP contribution in [0.1, 0.15) is 0 Å². The van der Waals surface area contributed by atoms with E-state index in [1.54, 1.807) is 0 Å². The molecule has 0 amide bonds. The van der Waals surface area contributed by atoms with Crippen LogP contribution in [-0.2, 0) is 0 Å². The van der Waals surface area contributed by atoms with Gasteiger partial charge in [-0.15, -0.1) is 11.3 Å². The summed E-state index contributed by atoms with van der Waals surface area (Å²) < 4.78 is 2.58. The second kappa shape index (κ2) is 12.9. The Bertz CT molecular complexity index is 3140. The monoisotopic (exact) mass is 716 g/mol. The van der Waals surface area contributed by atoms with E-state index in [1.165, 1.54) is 74.7 Å². The molecule has 0 aliphatic carbocycles. The molecular weight excluding hydrogens is 685 g/mol. The summed E-state index contributed by atoms with van der Waals surface area (Å²) in [7, 11) is 0. The van der Waals surface area contributed by atoms with Gasteiger partial charge in [-0.1, -0.05) is 164 Å². The van der Waals surface area contributed by atoms with Crippen molar-refractivity contribution in [3.8, 4) is 56.2 Å². The molecule has 0 saturated heterocycles. The van der Waals surface area contributed by atoms with E-state index in [-0.39, 0.29) is 0 Å². The van der Waals surface area contributed by atoms with Crippen molar-refractivity contribution in [2.75, 3.05) is 0 Å². The van der Waals surface area contributed by atoms with Gasteiger partial charge < -0.3 is 0 Å². The van der Waals surface area contributed by atoms with Crippen LogP contribution in [0.25, 0.3) is 109 Å². The topological polar surface area (TPSA) is 25.8 Å². The molecule has 0 bridgehead atoms. The van der Waals surface area contributed by atoms with Gasteiger partial charge in [0.1, 0.15) is 0 Å². The molecule has 0 atom stereocenters. The highest BCUT2D eigenvalue weighted by Gasteiger charge is 2.15. The lowest BCUT2D eigenvalue weighted by Crippen LogP contribution is -1.95. The van der Waals surface area contributed by atoms with Crippen LogP contribution in [0, 0.1) is 0 Å². The number of thiophene rings is 1. The van der Waals surface area contributed by atoms with Crippen molar-refractivity contribution in [2.24, 2.45) is 0 Å². The van der Waals surface area contributed by atoms with Crippen LogP contribution in [0.15, 0.2) is 194 Å². The third-order valence-corrected chi connectivity index (χ3v) is 12.0. The average Bonchev–Trinajstić information content (AvgIpc) is 3.65. The smallest absolute Gasteiger partial charge is 0.160 e. The first-order valence-electron chi connectivity index (χ1n) is 18.6. The van der Waals surface area contributed by atoms with E-state index >= 15 is 0 Å². The SMILES string of the molecule is c1ccc(-c2cc(-c3ccccc3)nc(-c3ccc(-c4cccc5sc6ccc(-c7ccc8c9ccccc9c9ccccc9c8c7)cc6c45)cc3)n2)cc1. The highest BCUT2D eigenvalue weighted by atomic mass is 32.1. The molecule has 3 heteroatoms. The molecule has 0 spiro atoms. The van der Waals surface area contributed by atoms with E-state index in [0.29, 0.717) is 5.82 Å². The molecule has 2 heterocycles. The molecule has 0 aliphatic heterocycles. The first-order valence-corrected chi connectivity index (χ1v) is 19.5. The van der Waals surface area contributed by atoms with Gasteiger partial charge in [-0.25, -0.2) is 9.97 Å². The minimum atomic E-state index is 0.715. The van der Waals surface area contributed by atoms with Crippen LogP contribution in [0.2, 0.25) is 0 Å². The predicted octanol–water partition coefficient (Wildman–Crippen LogP) is 14.6. The average molecular weight is 717 g/mol. The lowest BCUT2D eigenvalue weighted by molar-refractivity contribution is 1.18. The van der Waals surface area contributed by atoms with Crippen molar-refractivity contribution in [3.05, 3.63) is 194 Å². The van der Waals surface area contributed by atoms with Crippen molar-refractivity contribution in [1.82, 2.24) is 9.97 Å². The van der Waals surface area contributed by atoms with Crippen LogP contribution in [-0.4, -0.2) is 9.97 Å². The standard InChI is InChI=1S/C52H32N2S/c1-3-12-34(13-4-1)47-32-48(35-14-5-2-6-15-35)54-52(53-47)36-24-22-33(23-25-36)39-20-11-21-50-51(39)46-31-38(27-29-49(46)55-50)37-26-28-44-42-18-8-7-16-40(42)41-17-9-10-19-43(41)45(44)30-37/h1-32H. The molecule has 55 heavy (non-hydrogen) atoms. The Morgan fingerprint density at radius 2 is 0.782 bits per heavy atom. The number of fused-ring (bicyclic) bond motifs is 9. The Labute approximate surface area is 322 Å². The molecule has 11 aromatic rings. The van der Waals surface area contributed by atoms with E-state index in [2.05, 4.69) is 182 Å². The number of hydrogen-bond acceptors (Lipinski definition) is 3. The molecule has 0 aliphatic rings. The summed E-state index contributed by atoms with van der Waals surface area (Å²) in [4.78, 5) is 10.1. The maximum absolute atomic E-state index is 5.06. The van der Waals surface area contributed by atoms with E-state index in [0.717, 1.165) is 28.1 Å². The Kier molecular flexibility index (Phi) is 7.39. The van der Waals surface area contributed by atoms with E-state index in [1.807, 2.05) is 23.5 Å². The molecule has 0 fully saturated rings. The lowest BCUT2D eigenvalue weighted by Gasteiger charge is -2.12. The van der Waals surface area contributed by atoms with Gasteiger partial charge in [0.2, 0.25) is 0 Å². The van der Waals surface area contributed by atoms with Gasteiger partial charge in [-0.3, -0.25) is 0 Å². The first-order chi connectivity index (χ1) is 27.2. The summed E-state index contributed by atoms with van der Waals surface area (Å²) >= 11 is 1.86. The summed E-state index contributed by atoms with van der Waals surface area (Å²) in [6.07, 6.45) is 0. The van der Waals surface area contributed by atoms with Crippen molar-refractivity contribution < 1.29 is 0 Å². The van der Waals surface area contributed by atoms with Crippen molar-refractivity contribution in [3.63, 3.8) is 0 Å². The Morgan fingerprint density at radius 3 is 1.40 bits per heavy atom. The Morgan fingerprint density at radius 1 is 0.291 bits per heavy atom. The fourth-order valence-corrected chi connectivity index (χ4v) is 9.34. The summed E-state index contributed by atoms with van der Waals surface area (Å²) in [5.41, 5.74) is 9.79. The van der Waals surface area contributed by atoms with E-state index < -0.39 is 0 Å². The molecule has 2 aromatic heterocycles. The molecule has 2 nitrogen and oxygen atoms in total. The van der Waals surface area contributed by atoms with Crippen molar-refractivity contribution in [2.45, 2.75) is 0 Å². The molecule has 0 unspecified atom stereocenters. The van der Waals surface area contributed by atoms with Crippen LogP contribution in [0.5, 0.6) is 0 Å². The fourth-order valence-electron chi connectivity index (χ4n) is 8.22. The predicted molar refractivity (Wildman–Crippen MR) is 235 cm³/mol. The second-order valence-electron chi connectivity index (χ2n) is 14.1. The highest BCUT2D eigenvalue weighted by Crippen LogP contribution is 2.43. The van der Waals surface area contributed by atoms with Crippen molar-refractivity contribution >= 4 is 63.8 Å². The zero-order chi connectivity index (χ0) is 36.3.